The number of hydrogen-bond acceptors (Lipinski definition) is 2. The predicted molar refractivity (Wildman–Crippen MR) is 314 cm³/mol. The van der Waals surface area contributed by atoms with Crippen LogP contribution in [0.1, 0.15) is 16.7 Å². The number of benzene rings is 12. The standard InChI is InChI=1S/C35H21N.C27H16BrN.C8H6/c1-2-8-24(9-3-1)14-15-25-16-18-28(19-17-25)33-31-22-20-26-10-4-6-12-29(26)34(31)36-35-30-13-7-5-11-27(30)21-23-32(33)35;28-20-13-9-19(10-14-20)25-23-15-11-17-5-1-3-7-21(17)26(23)29-27-22-8-4-2-6-18(22)12-16-24(25)27;1-2-8-6-4-3-5-7-8/h1-13,16-23H;1-16H;1,3-7H. The van der Waals surface area contributed by atoms with Crippen molar-refractivity contribution >= 4 is 103 Å². The predicted octanol–water partition coefficient (Wildman–Crippen LogP) is 18.6. The maximum Gasteiger partial charge on any atom is 0.0794 e. The Hall–Kier alpha value is -9.38. The Morgan fingerprint density at radius 3 is 0.918 bits per heavy atom. The number of hydrogen-bond donors (Lipinski definition) is 0. The van der Waals surface area contributed by atoms with E-state index in [-0.39, 0.29) is 0 Å². The van der Waals surface area contributed by atoms with Gasteiger partial charge in [-0.1, -0.05) is 240 Å². The molecule has 3 heteroatoms. The third-order valence-electron chi connectivity index (χ3n) is 13.5. The molecule has 0 atom stereocenters. The molecule has 0 aliphatic heterocycles. The third kappa shape index (κ3) is 8.81. The largest absolute Gasteiger partial charge is 0.246 e. The molecule has 0 aliphatic rings. The van der Waals surface area contributed by atoms with Crippen LogP contribution in [-0.2, 0) is 0 Å². The van der Waals surface area contributed by atoms with E-state index in [9.17, 15) is 0 Å². The molecule has 0 amide bonds. The number of nitrogens with zero attached hydrogens (tertiary/aromatic N) is 2. The van der Waals surface area contributed by atoms with Crippen LogP contribution in [0.3, 0.4) is 0 Å². The van der Waals surface area contributed by atoms with Crippen molar-refractivity contribution in [1.29, 1.82) is 0 Å². The molecule has 2 nitrogen and oxygen atoms in total. The van der Waals surface area contributed by atoms with Gasteiger partial charge in [-0.2, -0.15) is 0 Å². The van der Waals surface area contributed by atoms with Crippen molar-refractivity contribution < 1.29 is 0 Å². The molecule has 14 aromatic rings. The van der Waals surface area contributed by atoms with Crippen molar-refractivity contribution in [2.45, 2.75) is 0 Å². The average Bonchev–Trinajstić information content (AvgIpc) is 3.46. The molecule has 0 saturated heterocycles. The van der Waals surface area contributed by atoms with Crippen molar-refractivity contribution in [1.82, 2.24) is 9.97 Å². The smallest absolute Gasteiger partial charge is 0.0794 e. The molecule has 73 heavy (non-hydrogen) atoms. The van der Waals surface area contributed by atoms with Crippen LogP contribution in [-0.4, -0.2) is 9.97 Å². The number of aromatic nitrogens is 2. The van der Waals surface area contributed by atoms with Gasteiger partial charge in [0.2, 0.25) is 0 Å². The van der Waals surface area contributed by atoms with Gasteiger partial charge in [-0.3, -0.25) is 0 Å². The van der Waals surface area contributed by atoms with E-state index in [2.05, 4.69) is 228 Å². The van der Waals surface area contributed by atoms with Gasteiger partial charge in [0.15, 0.2) is 0 Å². The highest BCUT2D eigenvalue weighted by Gasteiger charge is 2.17. The fourth-order valence-corrected chi connectivity index (χ4v) is 10.2. The van der Waals surface area contributed by atoms with Gasteiger partial charge in [0.1, 0.15) is 0 Å². The van der Waals surface area contributed by atoms with Crippen LogP contribution < -0.4 is 0 Å². The first-order valence-corrected chi connectivity index (χ1v) is 25.1. The maximum absolute atomic E-state index is 5.28. The minimum atomic E-state index is 0.938. The highest BCUT2D eigenvalue weighted by Crippen LogP contribution is 2.42. The summed E-state index contributed by atoms with van der Waals surface area (Å²) in [6.45, 7) is 0. The highest BCUT2D eigenvalue weighted by atomic mass is 79.9. The first-order chi connectivity index (χ1) is 36.1. The van der Waals surface area contributed by atoms with Crippen molar-refractivity contribution in [2.24, 2.45) is 0 Å². The molecule has 2 heterocycles. The van der Waals surface area contributed by atoms with Crippen molar-refractivity contribution in [2.75, 3.05) is 0 Å². The number of halogens is 1. The summed E-state index contributed by atoms with van der Waals surface area (Å²) in [5.74, 6) is 9.09. The molecule has 0 aliphatic carbocycles. The minimum absolute atomic E-state index is 0.938. The lowest BCUT2D eigenvalue weighted by Crippen LogP contribution is -1.92. The van der Waals surface area contributed by atoms with E-state index in [4.69, 9.17) is 16.4 Å². The Labute approximate surface area is 432 Å². The summed E-state index contributed by atoms with van der Waals surface area (Å²) in [6.07, 6.45) is 5.10. The third-order valence-corrected chi connectivity index (χ3v) is 14.0. The summed E-state index contributed by atoms with van der Waals surface area (Å²) in [4.78, 5) is 10.5. The van der Waals surface area contributed by atoms with Crippen LogP contribution in [0.5, 0.6) is 0 Å². The van der Waals surface area contributed by atoms with Crippen LogP contribution in [0.25, 0.3) is 109 Å². The zero-order valence-corrected chi connectivity index (χ0v) is 41.2. The van der Waals surface area contributed by atoms with Gasteiger partial charge in [0, 0.05) is 75.4 Å². The SMILES string of the molecule is Brc1ccc(-c2c3ccc4ccccc4c3nc3c2ccc2ccccc23)cc1.C#Cc1ccccc1.C(#Cc1ccc(-c2c3ccc4ccccc4c3nc3c2ccc2ccccc23)cc1)c1ccccc1. The summed E-state index contributed by atoms with van der Waals surface area (Å²) in [7, 11) is 0. The van der Waals surface area contributed by atoms with Gasteiger partial charge < -0.3 is 0 Å². The Bertz CT molecular complexity index is 4300. The van der Waals surface area contributed by atoms with E-state index in [1.54, 1.807) is 0 Å². The average molecular weight is 992 g/mol. The fraction of sp³-hybridized carbons (Fsp3) is 0. The second-order valence-electron chi connectivity index (χ2n) is 17.9. The van der Waals surface area contributed by atoms with Gasteiger partial charge in [-0.15, -0.1) is 6.42 Å². The quantitative estimate of drug-likeness (QED) is 0.0980. The molecule has 0 unspecified atom stereocenters. The molecule has 0 N–H and O–H groups in total. The van der Waals surface area contributed by atoms with E-state index in [0.29, 0.717) is 0 Å². The van der Waals surface area contributed by atoms with Gasteiger partial charge in [0.25, 0.3) is 0 Å². The van der Waals surface area contributed by atoms with Crippen molar-refractivity contribution in [3.05, 3.63) is 276 Å². The number of rotatable bonds is 2. The van der Waals surface area contributed by atoms with Crippen LogP contribution in [0.2, 0.25) is 0 Å². The molecule has 14 rings (SSSR count). The number of fused-ring (bicyclic) bond motifs is 12. The minimum Gasteiger partial charge on any atom is -0.246 e. The van der Waals surface area contributed by atoms with E-state index in [0.717, 1.165) is 43.2 Å². The molecular formula is C70H43BrN2. The molecule has 12 aromatic carbocycles. The fourth-order valence-electron chi connectivity index (χ4n) is 9.98. The lowest BCUT2D eigenvalue weighted by atomic mass is 9.92. The topological polar surface area (TPSA) is 25.8 Å². The zero-order chi connectivity index (χ0) is 49.1. The van der Waals surface area contributed by atoms with E-state index < -0.39 is 0 Å². The van der Waals surface area contributed by atoms with Crippen LogP contribution in [0.15, 0.2) is 259 Å². The molecule has 2 aromatic heterocycles. The van der Waals surface area contributed by atoms with Gasteiger partial charge in [-0.05, 0) is 81.2 Å². The summed E-state index contributed by atoms with van der Waals surface area (Å²) in [5, 5.41) is 14.3. The maximum atomic E-state index is 5.28. The first kappa shape index (κ1) is 44.8. The van der Waals surface area contributed by atoms with E-state index in [1.165, 1.54) is 86.9 Å². The monoisotopic (exact) mass is 990 g/mol. The summed E-state index contributed by atoms with van der Waals surface area (Å²) < 4.78 is 1.08. The second-order valence-corrected chi connectivity index (χ2v) is 18.8. The normalized spacial score (nSPS) is 11.0. The molecule has 0 saturated carbocycles. The molecule has 0 spiro atoms. The molecule has 0 bridgehead atoms. The zero-order valence-electron chi connectivity index (χ0n) is 39.6. The Morgan fingerprint density at radius 1 is 0.274 bits per heavy atom. The van der Waals surface area contributed by atoms with Gasteiger partial charge in [-0.25, -0.2) is 9.97 Å². The van der Waals surface area contributed by atoms with Crippen molar-refractivity contribution in [3.8, 4) is 46.4 Å². The lowest BCUT2D eigenvalue weighted by molar-refractivity contribution is 1.53. The molecule has 340 valence electrons. The summed E-state index contributed by atoms with van der Waals surface area (Å²) in [6, 6.07) is 88.6. The first-order valence-electron chi connectivity index (χ1n) is 24.3. The summed E-state index contributed by atoms with van der Waals surface area (Å²) in [5.41, 5.74) is 12.0. The van der Waals surface area contributed by atoms with Gasteiger partial charge >= 0.3 is 0 Å². The van der Waals surface area contributed by atoms with Crippen LogP contribution in [0.4, 0.5) is 0 Å². The van der Waals surface area contributed by atoms with E-state index >= 15 is 0 Å². The Morgan fingerprint density at radius 2 is 0.575 bits per heavy atom. The summed E-state index contributed by atoms with van der Waals surface area (Å²) >= 11 is 3.57. The molecule has 0 fully saturated rings. The molecule has 0 radical (unpaired) electrons. The van der Waals surface area contributed by atoms with Gasteiger partial charge in [0.05, 0.1) is 22.1 Å². The second kappa shape index (κ2) is 19.8. The number of pyridine rings is 2. The van der Waals surface area contributed by atoms with Crippen LogP contribution >= 0.6 is 15.9 Å². The highest BCUT2D eigenvalue weighted by molar-refractivity contribution is 9.10. The van der Waals surface area contributed by atoms with Crippen molar-refractivity contribution in [3.63, 3.8) is 0 Å². The van der Waals surface area contributed by atoms with E-state index in [1.807, 2.05) is 60.7 Å². The Balaban J connectivity index is 0.000000131. The van der Waals surface area contributed by atoms with Crippen LogP contribution in [0, 0.1) is 24.2 Å². The number of terminal acetylenes is 1. The Kier molecular flexibility index (Phi) is 12.1. The molecular weight excluding hydrogens is 949 g/mol. The lowest BCUT2D eigenvalue weighted by Gasteiger charge is -2.14.